The summed E-state index contributed by atoms with van der Waals surface area (Å²) in [5.41, 5.74) is 10.0. The van der Waals surface area contributed by atoms with Gasteiger partial charge in [0.2, 0.25) is 0 Å². The Bertz CT molecular complexity index is 3050. The van der Waals surface area contributed by atoms with E-state index in [1.54, 1.807) is 0 Å². The lowest BCUT2D eigenvalue weighted by Gasteiger charge is -2.56. The maximum atomic E-state index is 9.86. The normalized spacial score (nSPS) is 21.4. The van der Waals surface area contributed by atoms with Gasteiger partial charge in [0, 0.05) is 49.1 Å². The van der Waals surface area contributed by atoms with Crippen molar-refractivity contribution in [1.29, 1.82) is 5.26 Å². The van der Waals surface area contributed by atoms with Crippen LogP contribution in [0.25, 0.3) is 83.2 Å². The monoisotopic (exact) mass is 722 g/mol. The Labute approximate surface area is 324 Å². The summed E-state index contributed by atoms with van der Waals surface area (Å²) in [7, 11) is 0. The first-order valence-corrected chi connectivity index (χ1v) is 20.0. The number of aromatic amines is 1. The minimum atomic E-state index is -0.0298. The molecule has 6 nitrogen and oxygen atoms in total. The topological polar surface area (TPSA) is 83.2 Å². The van der Waals surface area contributed by atoms with Crippen LogP contribution in [0.2, 0.25) is 0 Å². The average molecular weight is 723 g/mol. The van der Waals surface area contributed by atoms with E-state index >= 15 is 0 Å². The van der Waals surface area contributed by atoms with Gasteiger partial charge in [-0.25, -0.2) is 15.0 Å². The van der Waals surface area contributed by atoms with E-state index in [0.29, 0.717) is 11.4 Å². The van der Waals surface area contributed by atoms with Crippen molar-refractivity contribution in [2.75, 3.05) is 0 Å². The van der Waals surface area contributed by atoms with E-state index in [9.17, 15) is 5.26 Å². The minimum absolute atomic E-state index is 0.0298. The number of H-pyrrole nitrogens is 1. The number of rotatable bonds is 5. The van der Waals surface area contributed by atoms with Crippen LogP contribution >= 0.6 is 0 Å². The number of para-hydroxylation sites is 2. The third kappa shape index (κ3) is 4.77. The van der Waals surface area contributed by atoms with Crippen molar-refractivity contribution in [3.63, 3.8) is 0 Å². The Morgan fingerprint density at radius 3 is 2.09 bits per heavy atom. The lowest BCUT2D eigenvalue weighted by Crippen LogP contribution is -2.49. The Hall–Kier alpha value is -6.58. The Balaban J connectivity index is 1.18. The summed E-state index contributed by atoms with van der Waals surface area (Å²) in [5, 5.41) is 14.6. The lowest BCUT2D eigenvalue weighted by atomic mass is 9.49. The number of nitrogens with zero attached hydrogens (tertiary/aromatic N) is 5. The second-order valence-corrected chi connectivity index (χ2v) is 16.7. The van der Waals surface area contributed by atoms with Gasteiger partial charge in [0.1, 0.15) is 5.82 Å². The fourth-order valence-electron chi connectivity index (χ4n) is 11.3. The number of benzene rings is 6. The van der Waals surface area contributed by atoms with Crippen molar-refractivity contribution >= 4 is 43.6 Å². The van der Waals surface area contributed by atoms with Crippen LogP contribution in [-0.4, -0.2) is 24.5 Å². The molecule has 1 N–H and O–H groups in total. The second-order valence-electron chi connectivity index (χ2n) is 16.7. The number of hydrogen-bond acceptors (Lipinski definition) is 4. The SMILES string of the molecule is N#Cc1cccc(-c2ccc(-n3c4ccccc4c4ccc5[nH]c6ccccc6c5c43)c(-c3nc(-c4ccccc4)nc(C45CC6CC(CC(C6)C4)C5)n3)c2)c1. The molecule has 6 heteroatoms. The number of nitrogens with one attached hydrogen (secondary N) is 1. The lowest BCUT2D eigenvalue weighted by molar-refractivity contribution is -0.00938. The molecule has 3 aromatic heterocycles. The summed E-state index contributed by atoms with van der Waals surface area (Å²) in [6.07, 6.45) is 7.55. The highest BCUT2D eigenvalue weighted by atomic mass is 15.1. The van der Waals surface area contributed by atoms with E-state index in [0.717, 1.165) is 98.7 Å². The Kier molecular flexibility index (Phi) is 6.78. The summed E-state index contributed by atoms with van der Waals surface area (Å²) in [5.74, 6) is 4.64. The van der Waals surface area contributed by atoms with Crippen LogP contribution in [0.1, 0.15) is 49.9 Å². The van der Waals surface area contributed by atoms with Gasteiger partial charge in [0.15, 0.2) is 11.6 Å². The zero-order valence-corrected chi connectivity index (χ0v) is 30.9. The van der Waals surface area contributed by atoms with Crippen LogP contribution in [0, 0.1) is 29.1 Å². The third-order valence-electron chi connectivity index (χ3n) is 13.3. The van der Waals surface area contributed by atoms with Gasteiger partial charge in [0.25, 0.3) is 0 Å². The van der Waals surface area contributed by atoms with Gasteiger partial charge in [-0.15, -0.1) is 0 Å². The smallest absolute Gasteiger partial charge is 0.165 e. The highest BCUT2D eigenvalue weighted by Crippen LogP contribution is 2.60. The highest BCUT2D eigenvalue weighted by molar-refractivity contribution is 6.25. The molecule has 4 aliphatic rings. The molecule has 4 bridgehead atoms. The molecule has 0 radical (unpaired) electrons. The number of fused-ring (bicyclic) bond motifs is 7. The van der Waals surface area contributed by atoms with E-state index in [1.165, 1.54) is 40.8 Å². The van der Waals surface area contributed by atoms with E-state index < -0.39 is 0 Å². The summed E-state index contributed by atoms with van der Waals surface area (Å²) in [6.45, 7) is 0. The summed E-state index contributed by atoms with van der Waals surface area (Å²) in [6, 6.07) is 49.1. The summed E-state index contributed by atoms with van der Waals surface area (Å²) < 4.78 is 2.44. The van der Waals surface area contributed by atoms with Gasteiger partial charge in [-0.1, -0.05) is 91.0 Å². The highest BCUT2D eigenvalue weighted by Gasteiger charge is 2.53. The molecule has 4 fully saturated rings. The Morgan fingerprint density at radius 2 is 1.29 bits per heavy atom. The van der Waals surface area contributed by atoms with Gasteiger partial charge in [-0.3, -0.25) is 0 Å². The summed E-state index contributed by atoms with van der Waals surface area (Å²) in [4.78, 5) is 20.2. The van der Waals surface area contributed by atoms with Crippen molar-refractivity contribution in [1.82, 2.24) is 24.5 Å². The molecule has 3 heterocycles. The maximum absolute atomic E-state index is 9.86. The maximum Gasteiger partial charge on any atom is 0.165 e. The molecule has 0 atom stereocenters. The molecule has 13 rings (SSSR count). The van der Waals surface area contributed by atoms with Gasteiger partial charge < -0.3 is 9.55 Å². The molecule has 0 spiro atoms. The zero-order valence-electron chi connectivity index (χ0n) is 30.9. The van der Waals surface area contributed by atoms with Gasteiger partial charge in [-0.2, -0.15) is 5.26 Å². The van der Waals surface area contributed by atoms with Crippen molar-refractivity contribution in [3.05, 3.63) is 145 Å². The molecule has 4 aliphatic carbocycles. The molecule has 4 saturated carbocycles. The number of nitriles is 1. The molecule has 0 aliphatic heterocycles. The third-order valence-corrected chi connectivity index (χ3v) is 13.3. The predicted molar refractivity (Wildman–Crippen MR) is 224 cm³/mol. The van der Waals surface area contributed by atoms with Crippen molar-refractivity contribution < 1.29 is 0 Å². The molecule has 0 unspecified atom stereocenters. The summed E-state index contributed by atoms with van der Waals surface area (Å²) >= 11 is 0. The van der Waals surface area contributed by atoms with Crippen LogP contribution in [0.3, 0.4) is 0 Å². The standard InChI is InChI=1S/C50H38N6/c51-29-30-9-8-12-35(24-30)36-17-20-44(56-43-16-7-5-13-37(43)38-18-19-42-45(46(38)56)39-14-4-6-15-41(39)52-42)40(25-36)48-53-47(34-10-2-1-3-11-34)54-49(55-48)50-26-31-21-32(27-50)23-33(22-31)28-50/h1-20,24-25,31-33,52H,21-23,26-28H2. The molecular formula is C50H38N6. The second kappa shape index (κ2) is 12.0. The average Bonchev–Trinajstić information content (AvgIpc) is 3.79. The van der Waals surface area contributed by atoms with Crippen LogP contribution < -0.4 is 0 Å². The minimum Gasteiger partial charge on any atom is -0.354 e. The van der Waals surface area contributed by atoms with Crippen molar-refractivity contribution in [3.8, 4) is 45.7 Å². The zero-order chi connectivity index (χ0) is 37.0. The quantitative estimate of drug-likeness (QED) is 0.192. The van der Waals surface area contributed by atoms with Crippen LogP contribution in [0.15, 0.2) is 133 Å². The van der Waals surface area contributed by atoms with Gasteiger partial charge >= 0.3 is 0 Å². The first-order chi connectivity index (χ1) is 27.6. The first kappa shape index (κ1) is 31.7. The van der Waals surface area contributed by atoms with E-state index in [1.807, 2.05) is 18.2 Å². The van der Waals surface area contributed by atoms with Gasteiger partial charge in [0.05, 0.1) is 28.4 Å². The van der Waals surface area contributed by atoms with Crippen LogP contribution in [-0.2, 0) is 5.41 Å². The molecule has 56 heavy (non-hydrogen) atoms. The van der Waals surface area contributed by atoms with Crippen LogP contribution in [0.4, 0.5) is 0 Å². The molecule has 0 saturated heterocycles. The number of hydrogen-bond donors (Lipinski definition) is 1. The number of aromatic nitrogens is 5. The fraction of sp³-hybridized carbons (Fsp3) is 0.200. The molecule has 9 aromatic rings. The first-order valence-electron chi connectivity index (χ1n) is 20.0. The van der Waals surface area contributed by atoms with E-state index in [4.69, 9.17) is 15.0 Å². The van der Waals surface area contributed by atoms with E-state index in [-0.39, 0.29) is 5.41 Å². The molecular weight excluding hydrogens is 685 g/mol. The van der Waals surface area contributed by atoms with E-state index in [2.05, 4.69) is 131 Å². The Morgan fingerprint density at radius 1 is 0.589 bits per heavy atom. The molecule has 268 valence electrons. The molecule has 6 aromatic carbocycles. The van der Waals surface area contributed by atoms with Crippen LogP contribution in [0.5, 0.6) is 0 Å². The van der Waals surface area contributed by atoms with Gasteiger partial charge in [-0.05, 0) is 110 Å². The van der Waals surface area contributed by atoms with Crippen molar-refractivity contribution in [2.24, 2.45) is 17.8 Å². The predicted octanol–water partition coefficient (Wildman–Crippen LogP) is 11.9. The molecule has 0 amide bonds. The van der Waals surface area contributed by atoms with Crippen molar-refractivity contribution in [2.45, 2.75) is 43.9 Å². The fourth-order valence-corrected chi connectivity index (χ4v) is 11.3. The largest absolute Gasteiger partial charge is 0.354 e.